The van der Waals surface area contributed by atoms with E-state index >= 15 is 0 Å². The summed E-state index contributed by atoms with van der Waals surface area (Å²) in [7, 11) is 0. The van der Waals surface area contributed by atoms with Crippen LogP contribution in [-0.2, 0) is 14.3 Å². The average molecular weight is 225 g/mol. The number of rotatable bonds is 6. The number of aliphatic hydroxyl groups excluding tert-OH is 1. The van der Waals surface area contributed by atoms with Crippen LogP contribution in [0.3, 0.4) is 0 Å². The predicted molar refractivity (Wildman–Crippen MR) is 52.8 cm³/mol. The number of esters is 1. The topological polar surface area (TPSA) is 95.9 Å². The molecule has 0 aromatic rings. The van der Waals surface area contributed by atoms with Gasteiger partial charge in [0.2, 0.25) is 0 Å². The van der Waals surface area contributed by atoms with Gasteiger partial charge in [-0.2, -0.15) is 0 Å². The Morgan fingerprint density at radius 2 is 1.79 bits per heavy atom. The molecule has 0 aliphatic rings. The third kappa shape index (κ3) is 15.3. The van der Waals surface area contributed by atoms with E-state index in [4.69, 9.17) is 10.2 Å². The van der Waals surface area contributed by atoms with Gasteiger partial charge in [-0.05, 0) is 0 Å². The zero-order valence-electron chi connectivity index (χ0n) is 6.45. The summed E-state index contributed by atoms with van der Waals surface area (Å²) >= 11 is 0. The van der Waals surface area contributed by atoms with Gasteiger partial charge in [-0.3, -0.25) is 14.9 Å². The summed E-state index contributed by atoms with van der Waals surface area (Å²) in [6, 6.07) is 0. The van der Waals surface area contributed by atoms with Crippen LogP contribution in [0.2, 0.25) is 0 Å². The second kappa shape index (κ2) is 13.9. The van der Waals surface area contributed by atoms with Gasteiger partial charge >= 0.3 is 71.1 Å². The Kier molecular flexibility index (Phi) is 20.1. The number of aliphatic carboxylic acids is 1. The number of hydrogen-bond donors (Lipinski definition) is 3. The maximum absolute atomic E-state index is 10.6. The van der Waals surface area contributed by atoms with Crippen molar-refractivity contribution in [3.63, 3.8) is 0 Å². The molecule has 0 saturated carbocycles. The van der Waals surface area contributed by atoms with Crippen LogP contribution in [0.1, 0.15) is 0 Å². The Labute approximate surface area is 126 Å². The van der Waals surface area contributed by atoms with Crippen LogP contribution in [0, 0.1) is 0 Å². The van der Waals surface area contributed by atoms with Crippen LogP contribution >= 0.6 is 0 Å². The monoisotopic (exact) mass is 225 g/mol. The molecule has 0 aromatic heterocycles. The van der Waals surface area contributed by atoms with Gasteiger partial charge in [-0.25, -0.2) is 0 Å². The molecule has 0 aliphatic carbocycles. The normalized spacial score (nSPS) is 8.07. The van der Waals surface area contributed by atoms with Gasteiger partial charge in [0.25, 0.3) is 0 Å². The third-order valence-corrected chi connectivity index (χ3v) is 0.900. The van der Waals surface area contributed by atoms with Crippen molar-refractivity contribution in [3.8, 4) is 0 Å². The number of aliphatic hydroxyl groups is 1. The average Bonchev–Trinajstić information content (AvgIpc) is 2.00. The van der Waals surface area contributed by atoms with Gasteiger partial charge in [0, 0.05) is 0 Å². The van der Waals surface area contributed by atoms with Crippen molar-refractivity contribution in [1.29, 1.82) is 0 Å². The first-order chi connectivity index (χ1) is 5.66. The van der Waals surface area contributed by atoms with Crippen LogP contribution in [0.15, 0.2) is 0 Å². The molecule has 0 radical (unpaired) electrons. The van der Waals surface area contributed by atoms with E-state index in [0.717, 1.165) is 0 Å². The summed E-state index contributed by atoms with van der Waals surface area (Å²) < 4.78 is 4.43. The van der Waals surface area contributed by atoms with Gasteiger partial charge in [-0.1, -0.05) is 0 Å². The summed E-state index contributed by atoms with van der Waals surface area (Å²) in [5, 5.41) is 18.7. The van der Waals surface area contributed by atoms with Crippen molar-refractivity contribution in [2.75, 3.05) is 26.3 Å². The summed E-state index contributed by atoms with van der Waals surface area (Å²) in [4.78, 5) is 20.5. The first kappa shape index (κ1) is 20.3. The molecule has 0 bridgehead atoms. The van der Waals surface area contributed by atoms with Crippen molar-refractivity contribution in [1.82, 2.24) is 5.32 Å². The molecule has 0 rings (SSSR count). The number of ether oxygens (including phenoxy) is 1. The predicted octanol–water partition coefficient (Wildman–Crippen LogP) is -3.10. The summed E-state index contributed by atoms with van der Waals surface area (Å²) in [6.45, 7) is -0.737. The Bertz CT molecular complexity index is 166. The van der Waals surface area contributed by atoms with Crippen LogP contribution in [-0.4, -0.2) is 108 Å². The molecule has 0 heterocycles. The van der Waals surface area contributed by atoms with Crippen LogP contribution in [0.25, 0.3) is 0 Å². The Hall–Kier alpha value is 0.860. The molecule has 74 valence electrons. The first-order valence-corrected chi connectivity index (χ1v) is 3.36. The van der Waals surface area contributed by atoms with E-state index in [2.05, 4.69) is 10.1 Å². The van der Waals surface area contributed by atoms with Crippen molar-refractivity contribution >= 4 is 71.1 Å². The van der Waals surface area contributed by atoms with E-state index < -0.39 is 11.9 Å². The molecule has 14 heavy (non-hydrogen) atoms. The SMILES string of the molecule is O=C(O)CNCC(=O)OCCO.[NaH].[NaH]. The summed E-state index contributed by atoms with van der Waals surface area (Å²) in [6.07, 6.45) is 0. The van der Waals surface area contributed by atoms with Gasteiger partial charge in [-0.15, -0.1) is 0 Å². The van der Waals surface area contributed by atoms with Crippen molar-refractivity contribution < 1.29 is 24.5 Å². The van der Waals surface area contributed by atoms with Gasteiger partial charge in [0.1, 0.15) is 6.61 Å². The van der Waals surface area contributed by atoms with Crippen molar-refractivity contribution in [2.24, 2.45) is 0 Å². The van der Waals surface area contributed by atoms with Crippen LogP contribution in [0.4, 0.5) is 0 Å². The van der Waals surface area contributed by atoms with Crippen molar-refractivity contribution in [3.05, 3.63) is 0 Å². The zero-order valence-corrected chi connectivity index (χ0v) is 6.45. The fraction of sp³-hybridized carbons (Fsp3) is 0.667. The number of hydrogen-bond acceptors (Lipinski definition) is 5. The number of carbonyl (C=O) groups is 2. The van der Waals surface area contributed by atoms with E-state index in [1.165, 1.54) is 0 Å². The molecule has 3 N–H and O–H groups in total. The Morgan fingerprint density at radius 3 is 2.21 bits per heavy atom. The first-order valence-electron chi connectivity index (χ1n) is 3.36. The van der Waals surface area contributed by atoms with E-state index in [0.29, 0.717) is 0 Å². The fourth-order valence-electron chi connectivity index (χ4n) is 0.482. The van der Waals surface area contributed by atoms with E-state index in [-0.39, 0.29) is 85.4 Å². The maximum atomic E-state index is 10.6. The fourth-order valence-corrected chi connectivity index (χ4v) is 0.482. The molecule has 0 amide bonds. The molecule has 0 aliphatic heterocycles. The second-order valence-electron chi connectivity index (χ2n) is 1.94. The minimum atomic E-state index is -1.04. The third-order valence-electron chi connectivity index (χ3n) is 0.900. The van der Waals surface area contributed by atoms with E-state index in [9.17, 15) is 9.59 Å². The number of carboxylic acid groups (broad SMARTS) is 1. The van der Waals surface area contributed by atoms with Gasteiger partial charge in [0.15, 0.2) is 0 Å². The molecular formula is C6H13NNa2O5. The Balaban J connectivity index is -0.000000605. The minimum absolute atomic E-state index is 0. The molecular weight excluding hydrogens is 212 g/mol. The number of carbonyl (C=O) groups excluding carboxylic acids is 1. The molecule has 0 saturated heterocycles. The van der Waals surface area contributed by atoms with Gasteiger partial charge < -0.3 is 14.9 Å². The van der Waals surface area contributed by atoms with Crippen molar-refractivity contribution in [2.45, 2.75) is 0 Å². The van der Waals surface area contributed by atoms with E-state index in [1.807, 2.05) is 0 Å². The molecule has 8 heteroatoms. The number of carboxylic acids is 1. The second-order valence-corrected chi connectivity index (χ2v) is 1.94. The summed E-state index contributed by atoms with van der Waals surface area (Å²) in [5.74, 6) is -1.62. The molecule has 6 nitrogen and oxygen atoms in total. The molecule has 0 unspecified atom stereocenters. The Morgan fingerprint density at radius 1 is 1.21 bits per heavy atom. The van der Waals surface area contributed by atoms with E-state index in [1.54, 1.807) is 0 Å². The molecule has 0 fully saturated rings. The standard InChI is InChI=1S/C6H11NO5.2Na.2H/c8-1-2-12-6(11)4-7-3-5(9)10;;;;/h7-8H,1-4H2,(H,9,10);;;;. The number of nitrogens with one attached hydrogen (secondary N) is 1. The molecule has 0 aromatic carbocycles. The van der Waals surface area contributed by atoms with Crippen LogP contribution in [0.5, 0.6) is 0 Å². The quantitative estimate of drug-likeness (QED) is 0.327. The summed E-state index contributed by atoms with van der Waals surface area (Å²) in [5.41, 5.74) is 0. The molecule has 0 spiro atoms. The van der Waals surface area contributed by atoms with Gasteiger partial charge in [0.05, 0.1) is 19.7 Å². The molecule has 0 atom stereocenters. The zero-order chi connectivity index (χ0) is 9.40. The van der Waals surface area contributed by atoms with Crippen LogP contribution < -0.4 is 5.32 Å².